The highest BCUT2D eigenvalue weighted by atomic mass is 32.2. The summed E-state index contributed by atoms with van der Waals surface area (Å²) in [6.07, 6.45) is 0.211. The van der Waals surface area contributed by atoms with Crippen LogP contribution >= 0.6 is 0 Å². The predicted molar refractivity (Wildman–Crippen MR) is 87.6 cm³/mol. The molecule has 0 fully saturated rings. The molecule has 0 aliphatic carbocycles. The molecule has 2 aromatic carbocycles. The molecule has 0 saturated heterocycles. The van der Waals surface area contributed by atoms with Crippen LogP contribution < -0.4 is 11.9 Å². The Bertz CT molecular complexity index is 743. The summed E-state index contributed by atoms with van der Waals surface area (Å²) in [5.41, 5.74) is 7.46. The molecule has 0 amide bonds. The fraction of sp³-hybridized carbons (Fsp3) is 0.188. The average Bonchev–Trinajstić information content (AvgIpc) is 2.48. The second-order valence-corrected chi connectivity index (χ2v) is 6.51. The van der Waals surface area contributed by atoms with Gasteiger partial charge in [-0.15, -0.1) is 0 Å². The lowest BCUT2D eigenvalue weighted by molar-refractivity contribution is -0.135. The fourth-order valence-electron chi connectivity index (χ4n) is 1.87. The minimum Gasteiger partial charge on any atom is -0.344 e. The van der Waals surface area contributed by atoms with Gasteiger partial charge in [0.1, 0.15) is 10.9 Å². The number of rotatable bonds is 5. The van der Waals surface area contributed by atoms with Gasteiger partial charge in [0, 0.05) is 0 Å². The van der Waals surface area contributed by atoms with Gasteiger partial charge in [0.15, 0.2) is 0 Å². The number of carbonyl (C=O) groups is 1. The standard InChI is InChI=1S/C16H17NO4S.H3N/c1-12-7-9-14(10-8-12)22(19,20)21-16(18)15(17)11-13-5-3-2-4-6-13;/h2-10,15H,11,17H2,1H3;1H3/t15-;/m0./s1. The van der Waals surface area contributed by atoms with Crippen molar-refractivity contribution >= 4 is 16.1 Å². The van der Waals surface area contributed by atoms with Crippen LogP contribution in [0.15, 0.2) is 59.5 Å². The van der Waals surface area contributed by atoms with E-state index in [1.807, 2.05) is 37.3 Å². The number of nitrogens with two attached hydrogens (primary N) is 1. The second-order valence-electron chi connectivity index (χ2n) is 4.97. The molecule has 0 aromatic heterocycles. The SMILES string of the molecule is Cc1ccc(S(=O)(=O)OC(=O)[C@@H](N)Cc2ccccc2)cc1.N. The molecule has 2 aromatic rings. The van der Waals surface area contributed by atoms with Crippen molar-refractivity contribution in [2.45, 2.75) is 24.3 Å². The van der Waals surface area contributed by atoms with Crippen molar-refractivity contribution in [2.75, 3.05) is 0 Å². The van der Waals surface area contributed by atoms with Gasteiger partial charge in [-0.25, -0.2) is 4.79 Å². The normalized spacial score (nSPS) is 12.1. The van der Waals surface area contributed by atoms with Gasteiger partial charge < -0.3 is 16.1 Å². The van der Waals surface area contributed by atoms with E-state index in [2.05, 4.69) is 4.18 Å². The van der Waals surface area contributed by atoms with E-state index in [1.54, 1.807) is 12.1 Å². The Morgan fingerprint density at radius 2 is 1.65 bits per heavy atom. The van der Waals surface area contributed by atoms with E-state index in [1.165, 1.54) is 12.1 Å². The summed E-state index contributed by atoms with van der Waals surface area (Å²) in [6, 6.07) is 14.1. The maximum absolute atomic E-state index is 12.0. The Morgan fingerprint density at radius 3 is 2.22 bits per heavy atom. The van der Waals surface area contributed by atoms with Crippen molar-refractivity contribution in [3.63, 3.8) is 0 Å². The number of benzene rings is 2. The van der Waals surface area contributed by atoms with E-state index < -0.39 is 22.1 Å². The van der Waals surface area contributed by atoms with E-state index in [0.29, 0.717) is 0 Å². The molecule has 0 saturated carbocycles. The Kier molecular flexibility index (Phi) is 6.44. The third-order valence-electron chi connectivity index (χ3n) is 3.10. The molecule has 0 spiro atoms. The van der Waals surface area contributed by atoms with Crippen LogP contribution in [0.4, 0.5) is 0 Å². The third kappa shape index (κ3) is 5.17. The topological polar surface area (TPSA) is 121 Å². The number of carbonyl (C=O) groups excluding carboxylic acids is 1. The first-order chi connectivity index (χ1) is 10.4. The fourth-order valence-corrected chi connectivity index (χ4v) is 2.78. The van der Waals surface area contributed by atoms with Crippen molar-refractivity contribution in [1.29, 1.82) is 0 Å². The number of hydrogen-bond donors (Lipinski definition) is 2. The monoisotopic (exact) mass is 336 g/mol. The van der Waals surface area contributed by atoms with Crippen LogP contribution in [0.1, 0.15) is 11.1 Å². The molecule has 7 heteroatoms. The van der Waals surface area contributed by atoms with Crippen molar-refractivity contribution in [3.05, 3.63) is 65.7 Å². The molecule has 23 heavy (non-hydrogen) atoms. The summed E-state index contributed by atoms with van der Waals surface area (Å²) in [6.45, 7) is 1.83. The summed E-state index contributed by atoms with van der Waals surface area (Å²) in [5, 5.41) is 0. The molecule has 0 aliphatic heterocycles. The lowest BCUT2D eigenvalue weighted by Crippen LogP contribution is -2.35. The summed E-state index contributed by atoms with van der Waals surface area (Å²) in [4.78, 5) is 11.8. The van der Waals surface area contributed by atoms with Crippen LogP contribution in [0.2, 0.25) is 0 Å². The first-order valence-electron chi connectivity index (χ1n) is 6.73. The van der Waals surface area contributed by atoms with E-state index >= 15 is 0 Å². The zero-order valence-corrected chi connectivity index (χ0v) is 13.6. The minimum atomic E-state index is -4.14. The Balaban J connectivity index is 0.00000264. The van der Waals surface area contributed by atoms with Crippen LogP contribution in [0.5, 0.6) is 0 Å². The van der Waals surface area contributed by atoms with Gasteiger partial charge in [0.2, 0.25) is 0 Å². The van der Waals surface area contributed by atoms with Crippen LogP contribution in [0.25, 0.3) is 0 Å². The van der Waals surface area contributed by atoms with Gasteiger partial charge in [-0.3, -0.25) is 0 Å². The van der Waals surface area contributed by atoms with Crippen LogP contribution in [-0.4, -0.2) is 20.4 Å². The van der Waals surface area contributed by atoms with E-state index in [4.69, 9.17) is 5.73 Å². The van der Waals surface area contributed by atoms with Crippen LogP contribution in [0.3, 0.4) is 0 Å². The average molecular weight is 336 g/mol. The molecule has 6 nitrogen and oxygen atoms in total. The van der Waals surface area contributed by atoms with E-state index in [0.717, 1.165) is 11.1 Å². The highest BCUT2D eigenvalue weighted by Crippen LogP contribution is 2.14. The summed E-state index contributed by atoms with van der Waals surface area (Å²) >= 11 is 0. The molecule has 0 heterocycles. The molecule has 0 radical (unpaired) electrons. The largest absolute Gasteiger partial charge is 0.344 e. The maximum atomic E-state index is 12.0. The van der Waals surface area contributed by atoms with Gasteiger partial charge in [0.25, 0.3) is 0 Å². The summed E-state index contributed by atoms with van der Waals surface area (Å²) in [7, 11) is -4.14. The molecular weight excluding hydrogens is 316 g/mol. The highest BCUT2D eigenvalue weighted by Gasteiger charge is 2.24. The molecule has 1 atom stereocenters. The minimum absolute atomic E-state index is 0. The van der Waals surface area contributed by atoms with Gasteiger partial charge >= 0.3 is 16.1 Å². The maximum Gasteiger partial charge on any atom is 0.341 e. The van der Waals surface area contributed by atoms with Gasteiger partial charge in [-0.05, 0) is 31.0 Å². The third-order valence-corrected chi connectivity index (χ3v) is 4.34. The molecular formula is C16H20N2O4S. The van der Waals surface area contributed by atoms with Gasteiger partial charge in [0.05, 0.1) is 0 Å². The molecule has 5 N–H and O–H groups in total. The smallest absolute Gasteiger partial charge is 0.341 e. The van der Waals surface area contributed by atoms with E-state index in [9.17, 15) is 13.2 Å². The molecule has 0 bridgehead atoms. The summed E-state index contributed by atoms with van der Waals surface area (Å²) < 4.78 is 28.6. The Labute approximate surface area is 136 Å². The van der Waals surface area contributed by atoms with E-state index in [-0.39, 0.29) is 17.5 Å². The van der Waals surface area contributed by atoms with Crippen molar-refractivity contribution in [3.8, 4) is 0 Å². The Hall–Kier alpha value is -2.22. The van der Waals surface area contributed by atoms with Gasteiger partial charge in [-0.2, -0.15) is 8.42 Å². The zero-order valence-electron chi connectivity index (χ0n) is 12.8. The first-order valence-corrected chi connectivity index (χ1v) is 8.14. The number of hydrogen-bond acceptors (Lipinski definition) is 6. The molecule has 0 unspecified atom stereocenters. The van der Waals surface area contributed by atoms with Crippen LogP contribution in [-0.2, 0) is 25.5 Å². The lowest BCUT2D eigenvalue weighted by atomic mass is 10.1. The van der Waals surface area contributed by atoms with Crippen LogP contribution in [0, 0.1) is 6.92 Å². The van der Waals surface area contributed by atoms with Gasteiger partial charge in [-0.1, -0.05) is 48.0 Å². The van der Waals surface area contributed by atoms with Crippen molar-refractivity contribution < 1.29 is 17.4 Å². The Morgan fingerprint density at radius 1 is 1.09 bits per heavy atom. The van der Waals surface area contributed by atoms with Crippen molar-refractivity contribution in [2.24, 2.45) is 5.73 Å². The highest BCUT2D eigenvalue weighted by molar-refractivity contribution is 7.87. The summed E-state index contributed by atoms with van der Waals surface area (Å²) in [5.74, 6) is -0.968. The first kappa shape index (κ1) is 18.8. The number of aryl methyl sites for hydroxylation is 1. The predicted octanol–water partition coefficient (Wildman–Crippen LogP) is 1.96. The zero-order chi connectivity index (χ0) is 16.2. The van der Waals surface area contributed by atoms with Crippen molar-refractivity contribution in [1.82, 2.24) is 6.15 Å². The molecule has 124 valence electrons. The molecule has 2 rings (SSSR count). The lowest BCUT2D eigenvalue weighted by Gasteiger charge is -2.11. The molecule has 0 aliphatic rings. The second kappa shape index (κ2) is 7.87. The quantitative estimate of drug-likeness (QED) is 0.805.